The van der Waals surface area contributed by atoms with Crippen molar-refractivity contribution < 1.29 is 18.7 Å². The summed E-state index contributed by atoms with van der Waals surface area (Å²) in [6.45, 7) is 2.27. The lowest BCUT2D eigenvalue weighted by molar-refractivity contribution is -0.127. The van der Waals surface area contributed by atoms with Gasteiger partial charge in [-0.3, -0.25) is 14.5 Å². The molecule has 0 spiro atoms. The number of halogens is 1. The number of benzene rings is 3. The maximum atomic E-state index is 15.1. The van der Waals surface area contributed by atoms with Gasteiger partial charge in [0.1, 0.15) is 23.9 Å². The van der Waals surface area contributed by atoms with E-state index in [1.807, 2.05) is 37.3 Å². The molecule has 1 heterocycles. The normalized spacial score (nSPS) is 11.9. The summed E-state index contributed by atoms with van der Waals surface area (Å²) in [5, 5.41) is 11.0. The van der Waals surface area contributed by atoms with Crippen LogP contribution in [-0.4, -0.2) is 47.1 Å². The summed E-state index contributed by atoms with van der Waals surface area (Å²) >= 11 is 0. The number of para-hydroxylation sites is 2. The molecule has 0 aliphatic rings. The number of methoxy groups -OCH3 is 1. The van der Waals surface area contributed by atoms with Crippen molar-refractivity contribution in [1.29, 1.82) is 0 Å². The number of aryl methyl sites for hydroxylation is 1. The summed E-state index contributed by atoms with van der Waals surface area (Å²) < 4.78 is 21.7. The number of rotatable bonds is 10. The predicted octanol–water partition coefficient (Wildman–Crippen LogP) is 3.67. The number of carbonyl (C=O) groups excluding carboxylic acids is 2. The summed E-state index contributed by atoms with van der Waals surface area (Å²) in [7, 11) is 1.52. The summed E-state index contributed by atoms with van der Waals surface area (Å²) in [4.78, 5) is 28.9. The first-order valence-corrected chi connectivity index (χ1v) is 11.7. The molecule has 186 valence electrons. The molecule has 1 atom stereocenters. The number of nitrogens with zero attached hydrogens (tertiary/aromatic N) is 4. The molecule has 0 saturated carbocycles. The Morgan fingerprint density at radius 1 is 1.06 bits per heavy atom. The second-order valence-corrected chi connectivity index (χ2v) is 8.19. The number of nitrogens with one attached hydrogen (secondary N) is 1. The van der Waals surface area contributed by atoms with Crippen LogP contribution in [0.4, 0.5) is 10.1 Å². The molecule has 0 bridgehead atoms. The van der Waals surface area contributed by atoms with Crippen LogP contribution in [0.5, 0.6) is 0 Å². The van der Waals surface area contributed by atoms with Gasteiger partial charge in [-0.25, -0.2) is 9.07 Å². The summed E-state index contributed by atoms with van der Waals surface area (Å²) in [5.74, 6) is -1.52. The van der Waals surface area contributed by atoms with Crippen LogP contribution in [0.15, 0.2) is 72.8 Å². The third-order valence-corrected chi connectivity index (χ3v) is 5.92. The van der Waals surface area contributed by atoms with E-state index in [1.165, 1.54) is 28.8 Å². The molecule has 0 aliphatic heterocycles. The molecule has 0 aliphatic carbocycles. The Hall–Kier alpha value is -4.11. The molecule has 9 heteroatoms. The van der Waals surface area contributed by atoms with E-state index < -0.39 is 23.7 Å². The Labute approximate surface area is 208 Å². The average Bonchev–Trinajstić information content (AvgIpc) is 3.30. The van der Waals surface area contributed by atoms with Gasteiger partial charge in [0.15, 0.2) is 0 Å². The highest BCUT2D eigenvalue weighted by molar-refractivity contribution is 6.02. The summed E-state index contributed by atoms with van der Waals surface area (Å²) in [6.07, 6.45) is 0.613. The molecular formula is C27H28FN5O3. The molecule has 1 aromatic heterocycles. The number of carbonyl (C=O) groups is 2. The Balaban J connectivity index is 1.83. The van der Waals surface area contributed by atoms with Crippen molar-refractivity contribution in [3.8, 4) is 0 Å². The van der Waals surface area contributed by atoms with E-state index in [4.69, 9.17) is 4.74 Å². The molecule has 1 N–H and O–H groups in total. The third-order valence-electron chi connectivity index (χ3n) is 5.92. The zero-order valence-electron chi connectivity index (χ0n) is 20.2. The number of fused-ring (bicyclic) bond motifs is 1. The van der Waals surface area contributed by atoms with Crippen LogP contribution >= 0.6 is 0 Å². The van der Waals surface area contributed by atoms with Crippen LogP contribution in [0.2, 0.25) is 0 Å². The van der Waals surface area contributed by atoms with Gasteiger partial charge in [0.2, 0.25) is 11.8 Å². The summed E-state index contributed by atoms with van der Waals surface area (Å²) in [5.41, 5.74) is 2.80. The van der Waals surface area contributed by atoms with Gasteiger partial charge in [-0.05, 0) is 36.2 Å². The number of amides is 2. The average molecular weight is 490 g/mol. The van der Waals surface area contributed by atoms with Gasteiger partial charge in [-0.1, -0.05) is 60.7 Å². The Morgan fingerprint density at radius 3 is 2.56 bits per heavy atom. The fourth-order valence-electron chi connectivity index (χ4n) is 4.17. The van der Waals surface area contributed by atoms with Crippen molar-refractivity contribution in [2.24, 2.45) is 0 Å². The van der Waals surface area contributed by atoms with Crippen LogP contribution in [0.3, 0.4) is 0 Å². The van der Waals surface area contributed by atoms with Crippen molar-refractivity contribution in [2.75, 3.05) is 25.2 Å². The first-order chi connectivity index (χ1) is 17.5. The van der Waals surface area contributed by atoms with Gasteiger partial charge >= 0.3 is 0 Å². The van der Waals surface area contributed by atoms with Gasteiger partial charge in [0, 0.05) is 24.9 Å². The van der Waals surface area contributed by atoms with Crippen LogP contribution in [0.1, 0.15) is 24.1 Å². The van der Waals surface area contributed by atoms with E-state index in [0.29, 0.717) is 23.1 Å². The molecule has 2 amide bonds. The van der Waals surface area contributed by atoms with E-state index in [-0.39, 0.29) is 25.3 Å². The molecule has 0 saturated heterocycles. The highest BCUT2D eigenvalue weighted by Gasteiger charge is 2.35. The zero-order valence-corrected chi connectivity index (χ0v) is 20.2. The molecule has 4 aromatic rings. The van der Waals surface area contributed by atoms with E-state index in [9.17, 15) is 9.59 Å². The number of hydrogen-bond donors (Lipinski definition) is 1. The van der Waals surface area contributed by atoms with Crippen LogP contribution in [0.25, 0.3) is 11.0 Å². The largest absolute Gasteiger partial charge is 0.383 e. The van der Waals surface area contributed by atoms with Gasteiger partial charge < -0.3 is 10.1 Å². The summed E-state index contributed by atoms with van der Waals surface area (Å²) in [6, 6.07) is 19.4. The molecule has 0 radical (unpaired) electrons. The first kappa shape index (κ1) is 25.0. The van der Waals surface area contributed by atoms with Gasteiger partial charge in [-0.15, -0.1) is 5.10 Å². The SMILES string of the molecule is CCc1ccccc1N(C(=O)Cn1nnc2ccccc21)[C@@H](C(=O)NCCOC)c1ccccc1F. The zero-order chi connectivity index (χ0) is 25.5. The first-order valence-electron chi connectivity index (χ1n) is 11.7. The molecule has 0 fully saturated rings. The number of anilines is 1. The van der Waals surface area contributed by atoms with Crippen LogP contribution < -0.4 is 10.2 Å². The minimum atomic E-state index is -1.25. The molecule has 4 rings (SSSR count). The Kier molecular flexibility index (Phi) is 8.02. The second kappa shape index (κ2) is 11.5. The maximum absolute atomic E-state index is 15.1. The van der Waals surface area contributed by atoms with E-state index in [1.54, 1.807) is 30.3 Å². The van der Waals surface area contributed by atoms with Crippen molar-refractivity contribution in [1.82, 2.24) is 20.3 Å². The third kappa shape index (κ3) is 5.26. The molecule has 0 unspecified atom stereocenters. The minimum absolute atomic E-state index is 0.0927. The molecule has 36 heavy (non-hydrogen) atoms. The maximum Gasteiger partial charge on any atom is 0.249 e. The van der Waals surface area contributed by atoms with E-state index >= 15 is 4.39 Å². The predicted molar refractivity (Wildman–Crippen MR) is 135 cm³/mol. The quantitative estimate of drug-likeness (QED) is 0.344. The number of ether oxygens (including phenoxy) is 1. The highest BCUT2D eigenvalue weighted by atomic mass is 19.1. The van der Waals surface area contributed by atoms with E-state index in [2.05, 4.69) is 15.6 Å². The molecule has 8 nitrogen and oxygen atoms in total. The standard InChI is InChI=1S/C27H28FN5O3/c1-3-19-10-4-8-14-23(19)33(25(34)18-32-24-15-9-7-13-22(24)30-31-32)26(27(35)29-16-17-36-2)20-11-5-6-12-21(20)28/h4-15,26H,3,16-18H2,1-2H3,(H,29,35)/t26-/m1/s1. The van der Waals surface area contributed by atoms with Gasteiger partial charge in [-0.2, -0.15) is 0 Å². The monoisotopic (exact) mass is 489 g/mol. The number of hydrogen-bond acceptors (Lipinski definition) is 5. The highest BCUT2D eigenvalue weighted by Crippen LogP contribution is 2.32. The van der Waals surface area contributed by atoms with E-state index in [0.717, 1.165) is 5.56 Å². The number of aromatic nitrogens is 3. The lowest BCUT2D eigenvalue weighted by Gasteiger charge is -2.33. The van der Waals surface area contributed by atoms with Crippen molar-refractivity contribution in [2.45, 2.75) is 25.9 Å². The van der Waals surface area contributed by atoms with Crippen molar-refractivity contribution in [3.05, 3.63) is 89.7 Å². The fraction of sp³-hybridized carbons (Fsp3) is 0.259. The van der Waals surface area contributed by atoms with Gasteiger partial charge in [0.25, 0.3) is 0 Å². The Morgan fingerprint density at radius 2 is 1.78 bits per heavy atom. The Bertz CT molecular complexity index is 1360. The second-order valence-electron chi connectivity index (χ2n) is 8.19. The lowest BCUT2D eigenvalue weighted by Crippen LogP contribution is -2.46. The minimum Gasteiger partial charge on any atom is -0.383 e. The van der Waals surface area contributed by atoms with Crippen LogP contribution in [0, 0.1) is 5.82 Å². The topological polar surface area (TPSA) is 89.4 Å². The lowest BCUT2D eigenvalue weighted by atomic mass is 10.00. The fourth-order valence-corrected chi connectivity index (χ4v) is 4.17. The molecular weight excluding hydrogens is 461 g/mol. The van der Waals surface area contributed by atoms with Gasteiger partial charge in [0.05, 0.1) is 12.1 Å². The molecule has 3 aromatic carbocycles. The van der Waals surface area contributed by atoms with Crippen LogP contribution in [-0.2, 0) is 27.3 Å². The smallest absolute Gasteiger partial charge is 0.249 e. The van der Waals surface area contributed by atoms with Crippen molar-refractivity contribution >= 4 is 28.5 Å². The van der Waals surface area contributed by atoms with Crippen molar-refractivity contribution in [3.63, 3.8) is 0 Å².